The van der Waals surface area contributed by atoms with Crippen LogP contribution in [0.3, 0.4) is 0 Å². The fraction of sp³-hybridized carbons (Fsp3) is 0.355. The molecule has 2 aliphatic rings. The topological polar surface area (TPSA) is 135 Å². The Balaban J connectivity index is 1.19. The quantitative estimate of drug-likeness (QED) is 0.293. The van der Waals surface area contributed by atoms with Crippen LogP contribution in [-0.2, 0) is 11.2 Å². The first kappa shape index (κ1) is 27.5. The summed E-state index contributed by atoms with van der Waals surface area (Å²) in [5.41, 5.74) is 9.97. The van der Waals surface area contributed by atoms with Crippen LogP contribution in [0.15, 0.2) is 61.1 Å². The van der Waals surface area contributed by atoms with E-state index in [9.17, 15) is 9.59 Å². The van der Waals surface area contributed by atoms with Crippen LogP contribution in [0.2, 0.25) is 0 Å². The van der Waals surface area contributed by atoms with Gasteiger partial charge >= 0.3 is 0 Å². The number of aryl methyl sites for hydroxylation is 1. The third-order valence-corrected chi connectivity index (χ3v) is 8.06. The second-order valence-corrected chi connectivity index (χ2v) is 11.0. The van der Waals surface area contributed by atoms with Crippen molar-refractivity contribution in [2.75, 3.05) is 37.7 Å². The molecule has 1 saturated carbocycles. The van der Waals surface area contributed by atoms with Gasteiger partial charge in [-0.05, 0) is 62.6 Å². The van der Waals surface area contributed by atoms with Crippen molar-refractivity contribution in [3.8, 4) is 11.3 Å². The van der Waals surface area contributed by atoms with Crippen molar-refractivity contribution in [3.63, 3.8) is 0 Å². The molecule has 1 unspecified atom stereocenters. The molecular formula is C31H35N9O2. The molecule has 1 aliphatic carbocycles. The molecule has 11 heteroatoms. The number of nitrogen functional groups attached to an aromatic ring is 1. The van der Waals surface area contributed by atoms with Gasteiger partial charge in [-0.3, -0.25) is 14.5 Å². The minimum Gasteiger partial charge on any atom is -0.383 e. The summed E-state index contributed by atoms with van der Waals surface area (Å²) in [6, 6.07) is 11.6. The van der Waals surface area contributed by atoms with E-state index in [1.165, 1.54) is 19.2 Å². The Morgan fingerprint density at radius 1 is 1.12 bits per heavy atom. The molecule has 1 saturated heterocycles. The summed E-state index contributed by atoms with van der Waals surface area (Å²) in [5, 5.41) is 8.45. The fourth-order valence-corrected chi connectivity index (χ4v) is 5.41. The molecule has 3 aromatic heterocycles. The Morgan fingerprint density at radius 2 is 1.93 bits per heavy atom. The van der Waals surface area contributed by atoms with E-state index in [-0.39, 0.29) is 17.9 Å². The largest absolute Gasteiger partial charge is 0.383 e. The molecular weight excluding hydrogens is 530 g/mol. The van der Waals surface area contributed by atoms with E-state index in [1.54, 1.807) is 24.4 Å². The number of carbonyl (C=O) groups excluding carboxylic acids is 2. The van der Waals surface area contributed by atoms with Gasteiger partial charge in [-0.2, -0.15) is 5.10 Å². The van der Waals surface area contributed by atoms with Crippen LogP contribution in [-0.4, -0.2) is 79.1 Å². The van der Waals surface area contributed by atoms with Gasteiger partial charge in [0.05, 0.1) is 11.4 Å². The van der Waals surface area contributed by atoms with E-state index in [0.717, 1.165) is 30.5 Å². The van der Waals surface area contributed by atoms with E-state index in [0.29, 0.717) is 53.1 Å². The zero-order valence-electron chi connectivity index (χ0n) is 23.9. The number of nitrogens with one attached hydrogen (secondary N) is 1. The summed E-state index contributed by atoms with van der Waals surface area (Å²) >= 11 is 0. The van der Waals surface area contributed by atoms with Crippen molar-refractivity contribution >= 4 is 34.5 Å². The van der Waals surface area contributed by atoms with Gasteiger partial charge in [0.15, 0.2) is 5.65 Å². The normalized spacial score (nSPS) is 17.0. The van der Waals surface area contributed by atoms with Gasteiger partial charge in [-0.1, -0.05) is 25.1 Å². The number of rotatable bonds is 9. The first-order chi connectivity index (χ1) is 20.4. The number of fused-ring (bicyclic) bond motifs is 1. The number of amides is 2. The molecule has 11 nitrogen and oxygen atoms in total. The second kappa shape index (κ2) is 11.7. The number of nitrogens with zero attached hydrogens (tertiary/aromatic N) is 7. The van der Waals surface area contributed by atoms with Crippen molar-refractivity contribution in [3.05, 3.63) is 72.2 Å². The van der Waals surface area contributed by atoms with E-state index in [4.69, 9.17) is 10.8 Å². The molecule has 6 rings (SSSR count). The molecule has 1 aromatic carbocycles. The maximum atomic E-state index is 12.9. The summed E-state index contributed by atoms with van der Waals surface area (Å²) in [5.74, 6) is 0.615. The Kier molecular flexibility index (Phi) is 7.66. The number of likely N-dealkylation sites (tertiary alicyclic amines) is 1. The van der Waals surface area contributed by atoms with Gasteiger partial charge in [-0.25, -0.2) is 19.6 Å². The molecule has 216 valence electrons. The summed E-state index contributed by atoms with van der Waals surface area (Å²) in [6.07, 6.45) is 10.9. The molecule has 3 N–H and O–H groups in total. The smallest absolute Gasteiger partial charge is 0.256 e. The highest BCUT2D eigenvalue weighted by atomic mass is 16.2. The lowest BCUT2D eigenvalue weighted by Gasteiger charge is -2.16. The lowest BCUT2D eigenvalue weighted by Crippen LogP contribution is -2.28. The molecule has 4 aromatic rings. The number of benzene rings is 1. The maximum Gasteiger partial charge on any atom is 0.256 e. The van der Waals surface area contributed by atoms with Gasteiger partial charge in [0.25, 0.3) is 5.91 Å². The highest BCUT2D eigenvalue weighted by Gasteiger charge is 2.30. The minimum absolute atomic E-state index is 0.0120. The summed E-state index contributed by atoms with van der Waals surface area (Å²) in [7, 11) is 2.10. The van der Waals surface area contributed by atoms with E-state index in [1.807, 2.05) is 39.9 Å². The molecule has 2 fully saturated rings. The minimum atomic E-state index is -0.246. The maximum absolute atomic E-state index is 12.9. The molecule has 0 bridgehead atoms. The van der Waals surface area contributed by atoms with Crippen molar-refractivity contribution in [1.82, 2.24) is 34.5 Å². The predicted octanol–water partition coefficient (Wildman–Crippen LogP) is 3.71. The van der Waals surface area contributed by atoms with Crippen LogP contribution in [0, 0.1) is 0 Å². The van der Waals surface area contributed by atoms with Crippen LogP contribution in [0.1, 0.15) is 48.1 Å². The van der Waals surface area contributed by atoms with Gasteiger partial charge in [0.2, 0.25) is 5.91 Å². The van der Waals surface area contributed by atoms with E-state index in [2.05, 4.69) is 39.1 Å². The van der Waals surface area contributed by atoms with Crippen LogP contribution in [0.4, 0.5) is 11.6 Å². The third kappa shape index (κ3) is 5.73. The molecule has 42 heavy (non-hydrogen) atoms. The number of aromatic nitrogens is 5. The Labute approximate surface area is 244 Å². The van der Waals surface area contributed by atoms with Crippen LogP contribution in [0.5, 0.6) is 0 Å². The van der Waals surface area contributed by atoms with Crippen LogP contribution in [0.25, 0.3) is 22.3 Å². The average molecular weight is 566 g/mol. The van der Waals surface area contributed by atoms with E-state index < -0.39 is 0 Å². The van der Waals surface area contributed by atoms with Crippen molar-refractivity contribution in [1.29, 1.82) is 0 Å². The molecule has 0 spiro atoms. The van der Waals surface area contributed by atoms with Crippen molar-refractivity contribution in [2.24, 2.45) is 0 Å². The Hall–Kier alpha value is -4.64. The lowest BCUT2D eigenvalue weighted by atomic mass is 10.1. The molecule has 4 heterocycles. The number of carbonyl (C=O) groups is 2. The Morgan fingerprint density at radius 3 is 2.69 bits per heavy atom. The van der Waals surface area contributed by atoms with Crippen LogP contribution >= 0.6 is 0 Å². The number of likely N-dealkylation sites (N-methyl/N-ethyl adjacent to an activating group) is 1. The molecule has 2 amide bonds. The Bertz CT molecular complexity index is 1640. The SMILES string of the molecule is CCc1ccnc(NC(=O)c2ccc(-c3nn(C4CCN(C(=O)/C=C/CN(C)C5CC5)C4)c4ncnc(N)c34)cc2)c1. The zero-order chi connectivity index (χ0) is 29.2. The summed E-state index contributed by atoms with van der Waals surface area (Å²) in [4.78, 5) is 42.9. The first-order valence-corrected chi connectivity index (χ1v) is 14.4. The van der Waals surface area contributed by atoms with Crippen molar-refractivity contribution < 1.29 is 9.59 Å². The molecule has 0 radical (unpaired) electrons. The van der Waals surface area contributed by atoms with Gasteiger partial charge < -0.3 is 16.0 Å². The molecule has 1 atom stereocenters. The van der Waals surface area contributed by atoms with E-state index >= 15 is 0 Å². The standard InChI is InChI=1S/C31H35N9O2/c1-3-20-12-14-33-25(17-20)36-31(42)22-8-6-21(7-9-22)28-27-29(32)34-19-35-30(27)40(37-28)24-13-16-39(18-24)26(41)5-4-15-38(2)23-10-11-23/h4-9,12,14,17,19,23-24H,3,10-11,13,15-16,18H2,1-2H3,(H2,32,34,35)(H,33,36,42)/b5-4+. The fourth-order valence-electron chi connectivity index (χ4n) is 5.41. The van der Waals surface area contributed by atoms with Crippen LogP contribution < -0.4 is 11.1 Å². The number of anilines is 2. The lowest BCUT2D eigenvalue weighted by molar-refractivity contribution is -0.125. The highest BCUT2D eigenvalue weighted by Crippen LogP contribution is 2.34. The number of hydrogen-bond donors (Lipinski definition) is 2. The third-order valence-electron chi connectivity index (χ3n) is 8.06. The summed E-state index contributed by atoms with van der Waals surface area (Å²) < 4.78 is 1.87. The van der Waals surface area contributed by atoms with Gasteiger partial charge in [0, 0.05) is 49.1 Å². The number of nitrogens with two attached hydrogens (primary N) is 1. The van der Waals surface area contributed by atoms with Gasteiger partial charge in [0.1, 0.15) is 23.7 Å². The monoisotopic (exact) mass is 565 g/mol. The first-order valence-electron chi connectivity index (χ1n) is 14.4. The summed E-state index contributed by atoms with van der Waals surface area (Å²) in [6.45, 7) is 4.01. The average Bonchev–Trinajstić information content (AvgIpc) is 3.61. The molecule has 1 aliphatic heterocycles. The van der Waals surface area contributed by atoms with Crippen molar-refractivity contribution in [2.45, 2.75) is 44.7 Å². The van der Waals surface area contributed by atoms with Gasteiger partial charge in [-0.15, -0.1) is 0 Å². The second-order valence-electron chi connectivity index (χ2n) is 11.0. The predicted molar refractivity (Wildman–Crippen MR) is 162 cm³/mol. The number of pyridine rings is 1. The number of hydrogen-bond acceptors (Lipinski definition) is 8. The highest BCUT2D eigenvalue weighted by molar-refractivity contribution is 6.04. The zero-order valence-corrected chi connectivity index (χ0v) is 23.9.